The molecular formula is C20H24N2O3. The summed E-state index contributed by atoms with van der Waals surface area (Å²) in [5, 5.41) is 3.13. The second-order valence-corrected chi connectivity index (χ2v) is 6.50. The van der Waals surface area contributed by atoms with E-state index in [1.54, 1.807) is 12.1 Å². The Morgan fingerprint density at radius 3 is 2.40 bits per heavy atom. The van der Waals surface area contributed by atoms with Crippen molar-refractivity contribution >= 4 is 5.91 Å². The zero-order valence-corrected chi connectivity index (χ0v) is 14.6. The van der Waals surface area contributed by atoms with Crippen LogP contribution < -0.4 is 20.5 Å². The van der Waals surface area contributed by atoms with Gasteiger partial charge in [-0.15, -0.1) is 0 Å². The molecule has 1 amide bonds. The van der Waals surface area contributed by atoms with Crippen LogP contribution in [0.1, 0.15) is 41.4 Å². The number of amides is 1. The minimum atomic E-state index is -0.113. The second kappa shape index (κ2) is 7.57. The van der Waals surface area contributed by atoms with Gasteiger partial charge in [0.25, 0.3) is 5.91 Å². The average molecular weight is 340 g/mol. The van der Waals surface area contributed by atoms with E-state index in [-0.39, 0.29) is 17.9 Å². The Labute approximate surface area is 148 Å². The predicted molar refractivity (Wildman–Crippen MR) is 96.8 cm³/mol. The summed E-state index contributed by atoms with van der Waals surface area (Å²) in [6.45, 7) is 5.74. The first-order valence-corrected chi connectivity index (χ1v) is 8.58. The number of rotatable bonds is 5. The number of carbonyl (C=O) groups is 1. The molecule has 0 saturated carbocycles. The Hall–Kier alpha value is -2.53. The van der Waals surface area contributed by atoms with Gasteiger partial charge in [0.1, 0.15) is 13.2 Å². The predicted octanol–water partition coefficient (Wildman–Crippen LogP) is 3.04. The molecular weight excluding hydrogens is 316 g/mol. The Kier molecular flexibility index (Phi) is 5.24. The molecule has 0 aliphatic carbocycles. The number of fused-ring (bicyclic) bond motifs is 1. The summed E-state index contributed by atoms with van der Waals surface area (Å²) in [5.74, 6) is 1.61. The minimum absolute atomic E-state index is 0.0999. The van der Waals surface area contributed by atoms with Crippen LogP contribution >= 0.6 is 0 Å². The van der Waals surface area contributed by atoms with E-state index in [4.69, 9.17) is 15.2 Å². The maximum absolute atomic E-state index is 12.6. The number of hydrogen-bond donors (Lipinski definition) is 2. The summed E-state index contributed by atoms with van der Waals surface area (Å²) in [6.07, 6.45) is 0. The Morgan fingerprint density at radius 2 is 1.76 bits per heavy atom. The van der Waals surface area contributed by atoms with Gasteiger partial charge in [-0.25, -0.2) is 0 Å². The van der Waals surface area contributed by atoms with Gasteiger partial charge in [0.2, 0.25) is 0 Å². The number of hydrogen-bond acceptors (Lipinski definition) is 4. The van der Waals surface area contributed by atoms with Crippen LogP contribution in [0.3, 0.4) is 0 Å². The fraction of sp³-hybridized carbons (Fsp3) is 0.350. The van der Waals surface area contributed by atoms with Crippen LogP contribution in [-0.2, 0) is 6.54 Å². The molecule has 1 heterocycles. The van der Waals surface area contributed by atoms with Gasteiger partial charge in [0.15, 0.2) is 11.5 Å². The first-order valence-electron chi connectivity index (χ1n) is 8.58. The summed E-state index contributed by atoms with van der Waals surface area (Å²) in [5.41, 5.74) is 8.24. The van der Waals surface area contributed by atoms with Crippen molar-refractivity contribution in [1.82, 2.24) is 5.32 Å². The topological polar surface area (TPSA) is 73.6 Å². The van der Waals surface area contributed by atoms with Crippen molar-refractivity contribution in [3.05, 3.63) is 59.2 Å². The first kappa shape index (κ1) is 17.3. The van der Waals surface area contributed by atoms with Gasteiger partial charge in [-0.05, 0) is 41.3 Å². The fourth-order valence-corrected chi connectivity index (χ4v) is 2.91. The van der Waals surface area contributed by atoms with Crippen molar-refractivity contribution in [3.63, 3.8) is 0 Å². The van der Waals surface area contributed by atoms with E-state index in [9.17, 15) is 4.79 Å². The summed E-state index contributed by atoms with van der Waals surface area (Å²) in [7, 11) is 0. The minimum Gasteiger partial charge on any atom is -0.486 e. The summed E-state index contributed by atoms with van der Waals surface area (Å²) < 4.78 is 11.2. The summed E-state index contributed by atoms with van der Waals surface area (Å²) in [6, 6.07) is 13.1. The molecule has 3 rings (SSSR count). The van der Waals surface area contributed by atoms with Crippen LogP contribution in [0.4, 0.5) is 0 Å². The van der Waals surface area contributed by atoms with Gasteiger partial charge in [-0.1, -0.05) is 32.0 Å². The third-order valence-corrected chi connectivity index (χ3v) is 4.33. The molecule has 0 bridgehead atoms. The molecule has 1 atom stereocenters. The number of carbonyl (C=O) groups excluding carboxylic acids is 1. The molecule has 0 radical (unpaired) electrons. The maximum atomic E-state index is 12.6. The SMILES string of the molecule is CC(C)C(NC(=O)c1ccc(CN)cc1)c1ccc2c(c1)OCCO2. The highest BCUT2D eigenvalue weighted by atomic mass is 16.6. The number of ether oxygens (including phenoxy) is 2. The molecule has 2 aromatic carbocycles. The van der Waals surface area contributed by atoms with Crippen molar-refractivity contribution in [1.29, 1.82) is 0 Å². The lowest BCUT2D eigenvalue weighted by atomic mass is 9.95. The molecule has 1 aliphatic heterocycles. The van der Waals surface area contributed by atoms with Crippen molar-refractivity contribution in [3.8, 4) is 11.5 Å². The Balaban J connectivity index is 1.80. The van der Waals surface area contributed by atoms with Crippen LogP contribution in [0.25, 0.3) is 0 Å². The monoisotopic (exact) mass is 340 g/mol. The average Bonchev–Trinajstić information content (AvgIpc) is 2.65. The molecule has 5 nitrogen and oxygen atoms in total. The molecule has 0 saturated heterocycles. The quantitative estimate of drug-likeness (QED) is 0.877. The first-order chi connectivity index (χ1) is 12.1. The van der Waals surface area contributed by atoms with E-state index in [0.717, 1.165) is 22.6 Å². The van der Waals surface area contributed by atoms with Crippen LogP contribution in [0.5, 0.6) is 11.5 Å². The largest absolute Gasteiger partial charge is 0.486 e. The molecule has 0 spiro atoms. The highest BCUT2D eigenvalue weighted by Gasteiger charge is 2.22. The van der Waals surface area contributed by atoms with Gasteiger partial charge in [0, 0.05) is 12.1 Å². The molecule has 1 aliphatic rings. The van der Waals surface area contributed by atoms with Gasteiger partial charge >= 0.3 is 0 Å². The number of nitrogens with one attached hydrogen (secondary N) is 1. The normalized spacial score (nSPS) is 14.2. The number of benzene rings is 2. The maximum Gasteiger partial charge on any atom is 0.251 e. The zero-order valence-electron chi connectivity index (χ0n) is 14.6. The van der Waals surface area contributed by atoms with E-state index in [2.05, 4.69) is 19.2 Å². The number of nitrogens with two attached hydrogens (primary N) is 1. The molecule has 2 aromatic rings. The van der Waals surface area contributed by atoms with Crippen LogP contribution in [0.15, 0.2) is 42.5 Å². The molecule has 0 aromatic heterocycles. The van der Waals surface area contributed by atoms with E-state index < -0.39 is 0 Å². The van der Waals surface area contributed by atoms with Crippen molar-refractivity contribution < 1.29 is 14.3 Å². The van der Waals surface area contributed by atoms with Crippen LogP contribution in [0.2, 0.25) is 0 Å². The Bertz CT molecular complexity index is 741. The lowest BCUT2D eigenvalue weighted by molar-refractivity contribution is 0.0925. The van der Waals surface area contributed by atoms with E-state index in [0.29, 0.717) is 25.3 Å². The van der Waals surface area contributed by atoms with Gasteiger partial charge in [0.05, 0.1) is 6.04 Å². The van der Waals surface area contributed by atoms with Gasteiger partial charge in [-0.2, -0.15) is 0 Å². The van der Waals surface area contributed by atoms with E-state index in [1.165, 1.54) is 0 Å². The van der Waals surface area contributed by atoms with Crippen molar-refractivity contribution in [2.45, 2.75) is 26.4 Å². The third-order valence-electron chi connectivity index (χ3n) is 4.33. The third kappa shape index (κ3) is 3.94. The molecule has 1 unspecified atom stereocenters. The van der Waals surface area contributed by atoms with E-state index >= 15 is 0 Å². The van der Waals surface area contributed by atoms with Crippen LogP contribution in [-0.4, -0.2) is 19.1 Å². The highest BCUT2D eigenvalue weighted by molar-refractivity contribution is 5.94. The van der Waals surface area contributed by atoms with E-state index in [1.807, 2.05) is 30.3 Å². The molecule has 0 fully saturated rings. The molecule has 25 heavy (non-hydrogen) atoms. The van der Waals surface area contributed by atoms with Gasteiger partial charge < -0.3 is 20.5 Å². The van der Waals surface area contributed by atoms with Gasteiger partial charge in [-0.3, -0.25) is 4.79 Å². The standard InChI is InChI=1S/C20H24N2O3/c1-13(2)19(16-7-8-17-18(11-16)25-10-9-24-17)22-20(23)15-5-3-14(12-21)4-6-15/h3-8,11,13,19H,9-10,12,21H2,1-2H3,(H,22,23). The smallest absolute Gasteiger partial charge is 0.251 e. The molecule has 5 heteroatoms. The Morgan fingerprint density at radius 1 is 1.08 bits per heavy atom. The van der Waals surface area contributed by atoms with Crippen molar-refractivity contribution in [2.75, 3.05) is 13.2 Å². The summed E-state index contributed by atoms with van der Waals surface area (Å²) in [4.78, 5) is 12.6. The summed E-state index contributed by atoms with van der Waals surface area (Å²) >= 11 is 0. The fourth-order valence-electron chi connectivity index (χ4n) is 2.91. The van der Waals surface area contributed by atoms with Crippen LogP contribution in [0, 0.1) is 5.92 Å². The zero-order chi connectivity index (χ0) is 17.8. The highest BCUT2D eigenvalue weighted by Crippen LogP contribution is 2.34. The van der Waals surface area contributed by atoms with Crippen molar-refractivity contribution in [2.24, 2.45) is 11.7 Å². The second-order valence-electron chi connectivity index (χ2n) is 6.50. The molecule has 3 N–H and O–H groups in total. The molecule has 132 valence electrons. The lowest BCUT2D eigenvalue weighted by Gasteiger charge is -2.25. The lowest BCUT2D eigenvalue weighted by Crippen LogP contribution is -2.32.